The van der Waals surface area contributed by atoms with Gasteiger partial charge >= 0.3 is 0 Å². The Morgan fingerprint density at radius 2 is 2.14 bits per heavy atom. The monoisotopic (exact) mass is 217 g/mol. The molecule has 1 atom stereocenters. The van der Waals surface area contributed by atoms with Gasteiger partial charge in [0.25, 0.3) is 0 Å². The summed E-state index contributed by atoms with van der Waals surface area (Å²) >= 11 is 5.44. The Balaban J connectivity index is 3.60. The summed E-state index contributed by atoms with van der Waals surface area (Å²) in [6.45, 7) is 2.53. The molecule has 0 aliphatic carbocycles. The number of rotatable bonds is 8. The fraction of sp³-hybridized carbons (Fsp3) is 0.800. The van der Waals surface area contributed by atoms with Gasteiger partial charge in [-0.25, -0.2) is 9.79 Å². The minimum Gasteiger partial charge on any atom is -0.281 e. The summed E-state index contributed by atoms with van der Waals surface area (Å²) in [5, 5.41) is -0.245. The normalized spacial score (nSPS) is 11.9. The molecule has 0 aromatic heterocycles. The third-order valence-electron chi connectivity index (χ3n) is 2.10. The van der Waals surface area contributed by atoms with Crippen molar-refractivity contribution < 1.29 is 9.59 Å². The van der Waals surface area contributed by atoms with E-state index in [1.165, 1.54) is 6.08 Å². The highest BCUT2D eigenvalue weighted by Gasteiger charge is 2.13. The number of unbranched alkanes of at least 4 members (excludes halogenated alkanes) is 1. The molecule has 0 aromatic rings. The van der Waals surface area contributed by atoms with Crippen LogP contribution in [0.2, 0.25) is 0 Å². The molecule has 0 heterocycles. The topological polar surface area (TPSA) is 46.5 Å². The number of isocyanates is 1. The van der Waals surface area contributed by atoms with Crippen molar-refractivity contribution >= 4 is 22.9 Å². The zero-order valence-electron chi connectivity index (χ0n) is 8.46. The molecule has 14 heavy (non-hydrogen) atoms. The maximum absolute atomic E-state index is 10.9. The van der Waals surface area contributed by atoms with Crippen LogP contribution in [0.4, 0.5) is 0 Å². The number of nitrogens with zero attached hydrogens (tertiary/aromatic N) is 1. The molecule has 0 aliphatic heterocycles. The lowest BCUT2D eigenvalue weighted by molar-refractivity contribution is -0.115. The number of hydrogen-bond donors (Lipinski definition) is 0. The average molecular weight is 218 g/mol. The minimum atomic E-state index is -0.245. The molecule has 0 rings (SSSR count). The van der Waals surface area contributed by atoms with Crippen molar-refractivity contribution in [1.29, 1.82) is 0 Å². The predicted octanol–water partition coefficient (Wildman–Crippen LogP) is 2.67. The number of halogens is 1. The van der Waals surface area contributed by atoms with Gasteiger partial charge in [0.1, 0.15) is 0 Å². The van der Waals surface area contributed by atoms with Gasteiger partial charge in [0.05, 0.1) is 6.54 Å². The highest BCUT2D eigenvalue weighted by Crippen LogP contribution is 2.17. The Bertz CT molecular complexity index is 212. The van der Waals surface area contributed by atoms with Gasteiger partial charge in [-0.05, 0) is 30.9 Å². The van der Waals surface area contributed by atoms with Crippen LogP contribution in [0.15, 0.2) is 4.99 Å². The van der Waals surface area contributed by atoms with Crippen LogP contribution in [0.5, 0.6) is 0 Å². The lowest BCUT2D eigenvalue weighted by atomic mass is 9.98. The second kappa shape index (κ2) is 8.92. The summed E-state index contributed by atoms with van der Waals surface area (Å²) in [5.41, 5.74) is 0. The van der Waals surface area contributed by atoms with Crippen LogP contribution in [-0.2, 0) is 9.59 Å². The van der Waals surface area contributed by atoms with Gasteiger partial charge in [0, 0.05) is 5.92 Å². The summed E-state index contributed by atoms with van der Waals surface area (Å²) in [5.74, 6) is -0.0260. The Hall–Kier alpha value is -0.660. The van der Waals surface area contributed by atoms with Crippen molar-refractivity contribution in [3.05, 3.63) is 0 Å². The quantitative estimate of drug-likeness (QED) is 0.272. The summed E-state index contributed by atoms with van der Waals surface area (Å²) in [6, 6.07) is 0. The van der Waals surface area contributed by atoms with Crippen LogP contribution in [0.1, 0.15) is 39.0 Å². The van der Waals surface area contributed by atoms with E-state index >= 15 is 0 Å². The van der Waals surface area contributed by atoms with Gasteiger partial charge in [-0.15, -0.1) is 0 Å². The van der Waals surface area contributed by atoms with Crippen LogP contribution >= 0.6 is 11.6 Å². The first-order valence-corrected chi connectivity index (χ1v) is 5.33. The second-order valence-electron chi connectivity index (χ2n) is 3.26. The lowest BCUT2D eigenvalue weighted by Gasteiger charge is -2.09. The van der Waals surface area contributed by atoms with Crippen LogP contribution in [0.3, 0.4) is 0 Å². The molecule has 0 aromatic carbocycles. The highest BCUT2D eigenvalue weighted by atomic mass is 35.5. The number of aliphatic imine (C=N–C) groups is 1. The first kappa shape index (κ1) is 13.3. The van der Waals surface area contributed by atoms with Gasteiger partial charge in [-0.3, -0.25) is 4.79 Å². The fourth-order valence-corrected chi connectivity index (χ4v) is 1.57. The molecule has 0 bridgehead atoms. The van der Waals surface area contributed by atoms with E-state index in [1.54, 1.807) is 0 Å². The summed E-state index contributed by atoms with van der Waals surface area (Å²) in [6.07, 6.45) is 5.80. The van der Waals surface area contributed by atoms with E-state index in [2.05, 4.69) is 4.99 Å². The van der Waals surface area contributed by atoms with E-state index in [0.29, 0.717) is 6.54 Å². The van der Waals surface area contributed by atoms with Crippen molar-refractivity contribution in [3.8, 4) is 0 Å². The molecule has 0 radical (unpaired) electrons. The van der Waals surface area contributed by atoms with E-state index in [0.717, 1.165) is 32.1 Å². The van der Waals surface area contributed by atoms with Crippen molar-refractivity contribution in [2.45, 2.75) is 39.0 Å². The van der Waals surface area contributed by atoms with Gasteiger partial charge in [-0.1, -0.05) is 19.8 Å². The Labute approximate surface area is 89.5 Å². The second-order valence-corrected chi connectivity index (χ2v) is 3.63. The van der Waals surface area contributed by atoms with Crippen molar-refractivity contribution in [2.75, 3.05) is 6.54 Å². The standard InChI is InChI=1S/C10H16ClNO2/c1-2-5-9(10(11)14)6-3-4-7-12-8-13/h9H,2-7H2,1H3. The third-order valence-corrected chi connectivity index (χ3v) is 2.40. The summed E-state index contributed by atoms with van der Waals surface area (Å²) < 4.78 is 0. The molecule has 0 saturated heterocycles. The number of carbonyl (C=O) groups is 1. The van der Waals surface area contributed by atoms with E-state index < -0.39 is 0 Å². The molecular formula is C10H16ClNO2. The summed E-state index contributed by atoms with van der Waals surface area (Å²) in [7, 11) is 0. The van der Waals surface area contributed by atoms with Crippen molar-refractivity contribution in [2.24, 2.45) is 10.9 Å². The third kappa shape index (κ3) is 6.81. The van der Waals surface area contributed by atoms with Crippen LogP contribution < -0.4 is 0 Å². The SMILES string of the molecule is CCCC(CCCCN=C=O)C(=O)Cl. The minimum absolute atomic E-state index is 0.0260. The molecule has 0 N–H and O–H groups in total. The lowest BCUT2D eigenvalue weighted by Crippen LogP contribution is -2.08. The maximum Gasteiger partial charge on any atom is 0.234 e. The largest absolute Gasteiger partial charge is 0.281 e. The van der Waals surface area contributed by atoms with Crippen LogP contribution in [0, 0.1) is 5.92 Å². The van der Waals surface area contributed by atoms with Gasteiger partial charge in [0.15, 0.2) is 0 Å². The molecule has 1 unspecified atom stereocenters. The Kier molecular flexibility index (Phi) is 8.50. The molecule has 0 amide bonds. The highest BCUT2D eigenvalue weighted by molar-refractivity contribution is 6.63. The molecule has 4 heteroatoms. The number of hydrogen-bond acceptors (Lipinski definition) is 3. The average Bonchev–Trinajstić information content (AvgIpc) is 2.15. The predicted molar refractivity (Wildman–Crippen MR) is 56.1 cm³/mol. The first-order chi connectivity index (χ1) is 6.72. The van der Waals surface area contributed by atoms with E-state index in [1.807, 2.05) is 6.92 Å². The van der Waals surface area contributed by atoms with Crippen molar-refractivity contribution in [1.82, 2.24) is 0 Å². The van der Waals surface area contributed by atoms with Gasteiger partial charge in [-0.2, -0.15) is 0 Å². The van der Waals surface area contributed by atoms with E-state index in [4.69, 9.17) is 11.6 Å². The zero-order valence-corrected chi connectivity index (χ0v) is 9.22. The van der Waals surface area contributed by atoms with E-state index in [9.17, 15) is 9.59 Å². The summed E-state index contributed by atoms with van der Waals surface area (Å²) in [4.78, 5) is 24.1. The molecule has 0 saturated carbocycles. The number of carbonyl (C=O) groups excluding carboxylic acids is 2. The molecule has 0 fully saturated rings. The zero-order chi connectivity index (χ0) is 10.8. The van der Waals surface area contributed by atoms with Gasteiger partial charge < -0.3 is 0 Å². The van der Waals surface area contributed by atoms with Crippen LogP contribution in [-0.4, -0.2) is 17.9 Å². The first-order valence-electron chi connectivity index (χ1n) is 4.95. The van der Waals surface area contributed by atoms with Crippen LogP contribution in [0.25, 0.3) is 0 Å². The van der Waals surface area contributed by atoms with E-state index in [-0.39, 0.29) is 11.2 Å². The van der Waals surface area contributed by atoms with Crippen molar-refractivity contribution in [3.63, 3.8) is 0 Å². The molecular weight excluding hydrogens is 202 g/mol. The molecule has 0 aliphatic rings. The Morgan fingerprint density at radius 1 is 1.43 bits per heavy atom. The molecule has 80 valence electrons. The van der Waals surface area contributed by atoms with Gasteiger partial charge in [0.2, 0.25) is 11.3 Å². The smallest absolute Gasteiger partial charge is 0.234 e. The molecule has 3 nitrogen and oxygen atoms in total. The fourth-order valence-electron chi connectivity index (χ4n) is 1.35. The maximum atomic E-state index is 10.9. The molecule has 0 spiro atoms. The Morgan fingerprint density at radius 3 is 2.64 bits per heavy atom.